The molecule has 0 N–H and O–H groups in total. The summed E-state index contributed by atoms with van der Waals surface area (Å²) in [7, 11) is 1.47. The molecule has 0 radical (unpaired) electrons. The smallest absolute Gasteiger partial charge is 0.316 e. The summed E-state index contributed by atoms with van der Waals surface area (Å²) in [5, 5.41) is 0. The van der Waals surface area contributed by atoms with Gasteiger partial charge in [0.15, 0.2) is 5.78 Å². The highest BCUT2D eigenvalue weighted by atomic mass is 16.5. The third-order valence-electron chi connectivity index (χ3n) is 5.27. The van der Waals surface area contributed by atoms with Gasteiger partial charge in [0, 0.05) is 0 Å². The van der Waals surface area contributed by atoms with Crippen molar-refractivity contribution in [1.29, 1.82) is 0 Å². The lowest BCUT2D eigenvalue weighted by Crippen LogP contribution is -2.54. The van der Waals surface area contributed by atoms with Gasteiger partial charge in [0.25, 0.3) is 0 Å². The summed E-state index contributed by atoms with van der Waals surface area (Å²) in [4.78, 5) is 24.2. The van der Waals surface area contributed by atoms with Crippen molar-refractivity contribution in [3.63, 3.8) is 0 Å². The lowest BCUT2D eigenvalue weighted by Gasteiger charge is -2.54. The van der Waals surface area contributed by atoms with Crippen LogP contribution in [0.25, 0.3) is 0 Å². The van der Waals surface area contributed by atoms with Crippen LogP contribution in [0.3, 0.4) is 0 Å². The Morgan fingerprint density at radius 1 is 1.32 bits per heavy atom. The Labute approximate surface area is 113 Å². The van der Waals surface area contributed by atoms with Gasteiger partial charge in [0.1, 0.15) is 0 Å². The number of Topliss-reactive ketones (excluding diaryl/α,β-unsaturated/α-hetero) is 1. The molecule has 4 rings (SSSR count). The second-order valence-electron chi connectivity index (χ2n) is 5.98. The SMILES string of the molecule is COC(=O)C12C=CCCC1C1CCC2C=C1C(C)=O. The molecular formula is C16H20O3. The van der Waals surface area contributed by atoms with Crippen LogP contribution in [0.2, 0.25) is 0 Å². The molecule has 4 aliphatic carbocycles. The number of esters is 1. The third-order valence-corrected chi connectivity index (χ3v) is 5.27. The van der Waals surface area contributed by atoms with Gasteiger partial charge >= 0.3 is 5.97 Å². The fraction of sp³-hybridized carbons (Fsp3) is 0.625. The number of ether oxygens (including phenoxy) is 1. The molecule has 0 saturated heterocycles. The summed E-state index contributed by atoms with van der Waals surface area (Å²) in [6.07, 6.45) is 10.2. The largest absolute Gasteiger partial charge is 0.468 e. The van der Waals surface area contributed by atoms with Crippen molar-refractivity contribution in [3.8, 4) is 0 Å². The lowest BCUT2D eigenvalue weighted by molar-refractivity contribution is -0.161. The second-order valence-corrected chi connectivity index (χ2v) is 5.98. The van der Waals surface area contributed by atoms with Gasteiger partial charge in [-0.05, 0) is 55.9 Å². The molecule has 4 atom stereocenters. The number of carbonyl (C=O) groups excluding carboxylic acids is 2. The van der Waals surface area contributed by atoms with E-state index in [4.69, 9.17) is 4.74 Å². The molecular weight excluding hydrogens is 240 g/mol. The predicted octanol–water partition coefficient (Wildman–Crippen LogP) is 2.67. The first kappa shape index (κ1) is 12.6. The van der Waals surface area contributed by atoms with Crippen LogP contribution in [0.15, 0.2) is 23.8 Å². The van der Waals surface area contributed by atoms with Crippen LogP contribution in [-0.2, 0) is 14.3 Å². The molecule has 3 heteroatoms. The first-order chi connectivity index (χ1) is 9.11. The molecule has 0 aliphatic heterocycles. The van der Waals surface area contributed by atoms with E-state index in [1.165, 1.54) is 7.11 Å². The zero-order valence-corrected chi connectivity index (χ0v) is 11.5. The van der Waals surface area contributed by atoms with E-state index in [1.54, 1.807) is 6.92 Å². The Balaban J connectivity index is 2.12. The van der Waals surface area contributed by atoms with Crippen molar-refractivity contribution in [2.24, 2.45) is 23.2 Å². The van der Waals surface area contributed by atoms with Crippen molar-refractivity contribution in [2.45, 2.75) is 32.6 Å². The maximum Gasteiger partial charge on any atom is 0.316 e. The van der Waals surface area contributed by atoms with Gasteiger partial charge < -0.3 is 4.74 Å². The van der Waals surface area contributed by atoms with Crippen LogP contribution >= 0.6 is 0 Å². The average molecular weight is 260 g/mol. The maximum atomic E-state index is 12.4. The Hall–Kier alpha value is -1.38. The van der Waals surface area contributed by atoms with Crippen LogP contribution < -0.4 is 0 Å². The molecule has 0 aromatic rings. The molecule has 4 unspecified atom stereocenters. The highest BCUT2D eigenvalue weighted by Gasteiger charge is 2.59. The zero-order chi connectivity index (χ0) is 13.6. The molecule has 1 fully saturated rings. The molecule has 0 heterocycles. The predicted molar refractivity (Wildman–Crippen MR) is 71.3 cm³/mol. The number of hydrogen-bond donors (Lipinski definition) is 0. The van der Waals surface area contributed by atoms with E-state index >= 15 is 0 Å². The van der Waals surface area contributed by atoms with Crippen LogP contribution in [0, 0.1) is 23.2 Å². The van der Waals surface area contributed by atoms with Gasteiger partial charge in [0.05, 0.1) is 12.5 Å². The number of allylic oxidation sites excluding steroid dienone is 3. The van der Waals surface area contributed by atoms with Gasteiger partial charge in [0.2, 0.25) is 0 Å². The number of hydrogen-bond acceptors (Lipinski definition) is 3. The quantitative estimate of drug-likeness (QED) is 0.566. The zero-order valence-electron chi connectivity index (χ0n) is 11.5. The summed E-state index contributed by atoms with van der Waals surface area (Å²) in [6.45, 7) is 1.64. The van der Waals surface area contributed by atoms with E-state index in [0.717, 1.165) is 31.3 Å². The van der Waals surface area contributed by atoms with Crippen LogP contribution in [0.1, 0.15) is 32.6 Å². The number of rotatable bonds is 2. The maximum absolute atomic E-state index is 12.4. The van der Waals surface area contributed by atoms with Crippen molar-refractivity contribution in [2.75, 3.05) is 7.11 Å². The van der Waals surface area contributed by atoms with E-state index in [9.17, 15) is 9.59 Å². The van der Waals surface area contributed by atoms with Gasteiger partial charge in [-0.25, -0.2) is 0 Å². The summed E-state index contributed by atoms with van der Waals surface area (Å²) < 4.78 is 5.09. The highest BCUT2D eigenvalue weighted by molar-refractivity contribution is 5.95. The van der Waals surface area contributed by atoms with E-state index in [2.05, 4.69) is 18.2 Å². The van der Waals surface area contributed by atoms with Crippen molar-refractivity contribution in [1.82, 2.24) is 0 Å². The Kier molecular flexibility index (Phi) is 2.88. The molecule has 4 aliphatic rings. The first-order valence-electron chi connectivity index (χ1n) is 7.10. The molecule has 3 nitrogen and oxygen atoms in total. The van der Waals surface area contributed by atoms with Crippen molar-refractivity contribution < 1.29 is 14.3 Å². The molecule has 1 saturated carbocycles. The van der Waals surface area contributed by atoms with Gasteiger partial charge in [-0.1, -0.05) is 18.2 Å². The normalized spacial score (nSPS) is 39.5. The van der Waals surface area contributed by atoms with E-state index in [-0.39, 0.29) is 29.5 Å². The fourth-order valence-corrected chi connectivity index (χ4v) is 4.51. The second kappa shape index (κ2) is 4.32. The lowest BCUT2D eigenvalue weighted by atomic mass is 9.48. The topological polar surface area (TPSA) is 43.4 Å². The molecule has 0 aromatic carbocycles. The molecule has 102 valence electrons. The van der Waals surface area contributed by atoms with Crippen LogP contribution in [0.4, 0.5) is 0 Å². The minimum absolute atomic E-state index is 0.123. The number of methoxy groups -OCH3 is 1. The Bertz CT molecular complexity index is 488. The van der Waals surface area contributed by atoms with Crippen LogP contribution in [-0.4, -0.2) is 18.9 Å². The Morgan fingerprint density at radius 2 is 2.11 bits per heavy atom. The third kappa shape index (κ3) is 1.57. The molecule has 0 aromatic heterocycles. The van der Waals surface area contributed by atoms with E-state index in [1.807, 2.05) is 0 Å². The molecule has 19 heavy (non-hydrogen) atoms. The van der Waals surface area contributed by atoms with E-state index in [0.29, 0.717) is 0 Å². The Morgan fingerprint density at radius 3 is 2.79 bits per heavy atom. The average Bonchev–Trinajstić information content (AvgIpc) is 2.46. The monoisotopic (exact) mass is 260 g/mol. The summed E-state index contributed by atoms with van der Waals surface area (Å²) in [5.74, 6) is 0.661. The molecule has 2 bridgehead atoms. The van der Waals surface area contributed by atoms with E-state index < -0.39 is 5.41 Å². The minimum Gasteiger partial charge on any atom is -0.468 e. The van der Waals surface area contributed by atoms with Crippen LogP contribution in [0.5, 0.6) is 0 Å². The first-order valence-corrected chi connectivity index (χ1v) is 7.10. The number of fused-ring (bicyclic) bond motifs is 1. The van der Waals surface area contributed by atoms with Gasteiger partial charge in [-0.15, -0.1) is 0 Å². The number of ketones is 1. The highest BCUT2D eigenvalue weighted by Crippen LogP contribution is 2.59. The fourth-order valence-electron chi connectivity index (χ4n) is 4.51. The van der Waals surface area contributed by atoms with Gasteiger partial charge in [-0.3, -0.25) is 9.59 Å². The summed E-state index contributed by atoms with van der Waals surface area (Å²) in [5.41, 5.74) is 0.450. The van der Waals surface area contributed by atoms with Gasteiger partial charge in [-0.2, -0.15) is 0 Å². The summed E-state index contributed by atoms with van der Waals surface area (Å²) >= 11 is 0. The standard InChI is InChI=1S/C16H20O3/c1-10(17)13-9-11-6-7-12(13)14-5-3-4-8-16(11,14)15(18)19-2/h4,8-9,11-12,14H,3,5-7H2,1-2H3. The summed E-state index contributed by atoms with van der Waals surface area (Å²) in [6, 6.07) is 0. The van der Waals surface area contributed by atoms with Crippen molar-refractivity contribution in [3.05, 3.63) is 23.8 Å². The molecule has 0 spiro atoms. The minimum atomic E-state index is -0.505. The molecule has 0 amide bonds. The van der Waals surface area contributed by atoms with Crippen molar-refractivity contribution >= 4 is 11.8 Å². The number of carbonyl (C=O) groups is 2.